The summed E-state index contributed by atoms with van der Waals surface area (Å²) in [6.45, 7) is 4.41. The van der Waals surface area contributed by atoms with E-state index in [1.165, 1.54) is 22.3 Å². The van der Waals surface area contributed by atoms with E-state index in [4.69, 9.17) is 12.8 Å². The molecule has 0 saturated carbocycles. The van der Waals surface area contributed by atoms with E-state index in [1.54, 1.807) is 0 Å². The molecule has 3 rings (SSSR count). The fourth-order valence-corrected chi connectivity index (χ4v) is 3.14. The maximum absolute atomic E-state index is 5.71. The molecular formula is C19H14. The molecule has 19 heavy (non-hydrogen) atoms. The van der Waals surface area contributed by atoms with Gasteiger partial charge in [0.25, 0.3) is 0 Å². The Morgan fingerprint density at radius 1 is 0.895 bits per heavy atom. The van der Waals surface area contributed by atoms with Gasteiger partial charge in [-0.1, -0.05) is 56.0 Å². The molecule has 2 aromatic carbocycles. The Labute approximate surface area is 114 Å². The second-order valence-corrected chi connectivity index (χ2v) is 5.37. The Balaban J connectivity index is 2.47. The van der Waals surface area contributed by atoms with Gasteiger partial charge in [-0.2, -0.15) is 0 Å². The molecule has 90 valence electrons. The highest BCUT2D eigenvalue weighted by molar-refractivity contribution is 5.84. The van der Waals surface area contributed by atoms with Crippen molar-refractivity contribution in [3.05, 3.63) is 58.7 Å². The lowest BCUT2D eigenvalue weighted by atomic mass is 9.79. The van der Waals surface area contributed by atoms with Crippen molar-refractivity contribution >= 4 is 0 Å². The van der Waals surface area contributed by atoms with Crippen LogP contribution in [-0.2, 0) is 5.41 Å². The van der Waals surface area contributed by atoms with Crippen LogP contribution in [-0.4, -0.2) is 0 Å². The topological polar surface area (TPSA) is 0 Å². The zero-order valence-electron chi connectivity index (χ0n) is 11.1. The predicted molar refractivity (Wildman–Crippen MR) is 79.9 cm³/mol. The molecule has 0 fully saturated rings. The van der Waals surface area contributed by atoms with Crippen LogP contribution < -0.4 is 0 Å². The van der Waals surface area contributed by atoms with Crippen molar-refractivity contribution in [2.75, 3.05) is 0 Å². The monoisotopic (exact) mass is 242 g/mol. The van der Waals surface area contributed by atoms with Gasteiger partial charge in [0.2, 0.25) is 0 Å². The SMILES string of the molecule is C#Cc1ccc2c(c1C#C)C(C)(C)c1ccccc1-2. The summed E-state index contributed by atoms with van der Waals surface area (Å²) in [4.78, 5) is 0. The largest absolute Gasteiger partial charge is 0.115 e. The van der Waals surface area contributed by atoms with Crippen molar-refractivity contribution in [1.82, 2.24) is 0 Å². The summed E-state index contributed by atoms with van der Waals surface area (Å²) in [7, 11) is 0. The molecule has 0 unspecified atom stereocenters. The Kier molecular flexibility index (Phi) is 2.31. The van der Waals surface area contributed by atoms with Gasteiger partial charge in [0.15, 0.2) is 0 Å². The molecule has 0 nitrogen and oxygen atoms in total. The lowest BCUT2D eigenvalue weighted by molar-refractivity contribution is 0.658. The molecule has 0 heteroatoms. The average molecular weight is 242 g/mol. The highest BCUT2D eigenvalue weighted by Gasteiger charge is 2.37. The van der Waals surface area contributed by atoms with Crippen molar-refractivity contribution in [3.63, 3.8) is 0 Å². The molecular weight excluding hydrogens is 228 g/mol. The van der Waals surface area contributed by atoms with E-state index in [-0.39, 0.29) is 5.41 Å². The minimum absolute atomic E-state index is 0.0967. The molecule has 0 aromatic heterocycles. The molecule has 1 aliphatic carbocycles. The van der Waals surface area contributed by atoms with E-state index in [0.717, 1.165) is 11.1 Å². The van der Waals surface area contributed by atoms with Gasteiger partial charge in [0.05, 0.1) is 0 Å². The number of hydrogen-bond acceptors (Lipinski definition) is 0. The van der Waals surface area contributed by atoms with Crippen LogP contribution in [0.4, 0.5) is 0 Å². The van der Waals surface area contributed by atoms with Crippen molar-refractivity contribution < 1.29 is 0 Å². The van der Waals surface area contributed by atoms with Crippen molar-refractivity contribution in [1.29, 1.82) is 0 Å². The van der Waals surface area contributed by atoms with Gasteiger partial charge in [-0.15, -0.1) is 12.8 Å². The summed E-state index contributed by atoms with van der Waals surface area (Å²) in [5.41, 5.74) is 6.56. The summed E-state index contributed by atoms with van der Waals surface area (Å²) in [6.07, 6.45) is 11.3. The first-order valence-corrected chi connectivity index (χ1v) is 6.32. The summed E-state index contributed by atoms with van der Waals surface area (Å²) in [6, 6.07) is 12.5. The molecule has 0 atom stereocenters. The first kappa shape index (κ1) is 11.6. The molecule has 0 aliphatic heterocycles. The van der Waals surface area contributed by atoms with E-state index >= 15 is 0 Å². The fourth-order valence-electron chi connectivity index (χ4n) is 3.14. The van der Waals surface area contributed by atoms with E-state index in [2.05, 4.69) is 56.0 Å². The number of fused-ring (bicyclic) bond motifs is 3. The van der Waals surface area contributed by atoms with Crippen LogP contribution in [0.3, 0.4) is 0 Å². The fraction of sp³-hybridized carbons (Fsp3) is 0.158. The highest BCUT2D eigenvalue weighted by Crippen LogP contribution is 2.50. The maximum Gasteiger partial charge on any atom is 0.0446 e. The van der Waals surface area contributed by atoms with Crippen LogP contribution >= 0.6 is 0 Å². The third kappa shape index (κ3) is 1.38. The number of rotatable bonds is 0. The van der Waals surface area contributed by atoms with Gasteiger partial charge in [-0.25, -0.2) is 0 Å². The molecule has 0 bridgehead atoms. The number of terminal acetylenes is 2. The van der Waals surface area contributed by atoms with Crippen LogP contribution in [0.25, 0.3) is 11.1 Å². The van der Waals surface area contributed by atoms with Gasteiger partial charge in [0, 0.05) is 16.5 Å². The summed E-state index contributed by atoms with van der Waals surface area (Å²) >= 11 is 0. The van der Waals surface area contributed by atoms with Crippen LogP contribution in [0, 0.1) is 24.7 Å². The van der Waals surface area contributed by atoms with Crippen LogP contribution in [0.2, 0.25) is 0 Å². The van der Waals surface area contributed by atoms with Gasteiger partial charge in [0.1, 0.15) is 0 Å². The lowest BCUT2D eigenvalue weighted by Crippen LogP contribution is -2.17. The van der Waals surface area contributed by atoms with Gasteiger partial charge in [-0.3, -0.25) is 0 Å². The highest BCUT2D eigenvalue weighted by atomic mass is 14.4. The zero-order valence-corrected chi connectivity index (χ0v) is 11.1. The lowest BCUT2D eigenvalue weighted by Gasteiger charge is -2.23. The Morgan fingerprint density at radius 2 is 1.63 bits per heavy atom. The van der Waals surface area contributed by atoms with Crippen molar-refractivity contribution in [2.45, 2.75) is 19.3 Å². The second-order valence-electron chi connectivity index (χ2n) is 5.37. The van der Waals surface area contributed by atoms with Crippen LogP contribution in [0.1, 0.15) is 36.1 Å². The zero-order chi connectivity index (χ0) is 13.6. The summed E-state index contributed by atoms with van der Waals surface area (Å²) in [5.74, 6) is 5.49. The predicted octanol–water partition coefficient (Wildman–Crippen LogP) is 3.96. The molecule has 2 aromatic rings. The third-order valence-electron chi connectivity index (χ3n) is 4.02. The molecule has 0 amide bonds. The van der Waals surface area contributed by atoms with Crippen LogP contribution in [0.15, 0.2) is 36.4 Å². The van der Waals surface area contributed by atoms with Gasteiger partial charge in [-0.05, 0) is 28.3 Å². The molecule has 1 aliphatic rings. The van der Waals surface area contributed by atoms with E-state index in [1.807, 2.05) is 6.07 Å². The summed E-state index contributed by atoms with van der Waals surface area (Å²) < 4.78 is 0. The Bertz CT molecular complexity index is 762. The Hall–Kier alpha value is -2.44. The smallest absolute Gasteiger partial charge is 0.0446 e. The molecule has 0 N–H and O–H groups in total. The quantitative estimate of drug-likeness (QED) is 0.613. The standard InChI is InChI=1S/C19H14/c1-5-13-11-12-16-15-9-7-8-10-17(15)19(3,4)18(16)14(13)6-2/h1-2,7-12H,3-4H3. The van der Waals surface area contributed by atoms with E-state index in [0.29, 0.717) is 0 Å². The number of hydrogen-bond donors (Lipinski definition) is 0. The molecule has 0 radical (unpaired) electrons. The Morgan fingerprint density at radius 3 is 2.32 bits per heavy atom. The molecule has 0 spiro atoms. The van der Waals surface area contributed by atoms with E-state index in [9.17, 15) is 0 Å². The van der Waals surface area contributed by atoms with Crippen molar-refractivity contribution in [3.8, 4) is 35.8 Å². The molecule has 0 saturated heterocycles. The van der Waals surface area contributed by atoms with Gasteiger partial charge < -0.3 is 0 Å². The van der Waals surface area contributed by atoms with E-state index < -0.39 is 0 Å². The minimum Gasteiger partial charge on any atom is -0.115 e. The van der Waals surface area contributed by atoms with Crippen LogP contribution in [0.5, 0.6) is 0 Å². The first-order valence-electron chi connectivity index (χ1n) is 6.32. The normalized spacial score (nSPS) is 14.1. The maximum atomic E-state index is 5.71. The first-order chi connectivity index (χ1) is 9.11. The second kappa shape index (κ2) is 3.78. The third-order valence-corrected chi connectivity index (χ3v) is 4.02. The average Bonchev–Trinajstić information content (AvgIpc) is 2.67. The molecule has 0 heterocycles. The minimum atomic E-state index is -0.0967. The summed E-state index contributed by atoms with van der Waals surface area (Å²) in [5, 5.41) is 0. The van der Waals surface area contributed by atoms with Crippen molar-refractivity contribution in [2.24, 2.45) is 0 Å². The number of benzene rings is 2. The van der Waals surface area contributed by atoms with Gasteiger partial charge >= 0.3 is 0 Å².